The van der Waals surface area contributed by atoms with Crippen LogP contribution < -0.4 is 19.1 Å². The van der Waals surface area contributed by atoms with Crippen molar-refractivity contribution < 1.29 is 27.5 Å². The number of amides is 2. The molecule has 0 fully saturated rings. The molecule has 1 N–H and O–H groups in total. The summed E-state index contributed by atoms with van der Waals surface area (Å²) in [5.74, 6) is -0.424. The van der Waals surface area contributed by atoms with Gasteiger partial charge in [-0.05, 0) is 60.9 Å². The number of methoxy groups -OCH3 is 2. The van der Waals surface area contributed by atoms with Crippen LogP contribution in [0.2, 0.25) is 10.0 Å². The second kappa shape index (κ2) is 16.7. The number of nitrogens with one attached hydrogen (secondary N) is 1. The van der Waals surface area contributed by atoms with Crippen molar-refractivity contribution in [2.24, 2.45) is 0 Å². The quantitative estimate of drug-likeness (QED) is 0.148. The van der Waals surface area contributed by atoms with Gasteiger partial charge in [-0.25, -0.2) is 8.42 Å². The first-order chi connectivity index (χ1) is 23.0. The number of hydrogen-bond acceptors (Lipinski definition) is 6. The number of aryl methyl sites for hydroxylation is 1. The highest BCUT2D eigenvalue weighted by molar-refractivity contribution is 7.92. The second-order valence-electron chi connectivity index (χ2n) is 11.1. The zero-order chi connectivity index (χ0) is 34.8. The standard InChI is InChI=1S/C36H39Cl2N3O6S/c1-5-19-39-36(43)32(20-26-9-7-6-8-10-26)40(23-27-13-14-28(37)21-31(27)38)35(42)24-41(29-15-11-25(2)12-16-29)48(44,45)30-17-18-33(46-3)34(22-30)47-4/h6-18,21-22,32H,5,19-20,23-24H2,1-4H3,(H,39,43)/t32-/m0/s1. The van der Waals surface area contributed by atoms with Gasteiger partial charge in [0.25, 0.3) is 10.0 Å². The molecule has 0 aliphatic carbocycles. The van der Waals surface area contributed by atoms with E-state index in [0.29, 0.717) is 34.3 Å². The van der Waals surface area contributed by atoms with Gasteiger partial charge in [-0.2, -0.15) is 0 Å². The summed E-state index contributed by atoms with van der Waals surface area (Å²) in [4.78, 5) is 29.7. The number of benzene rings is 4. The Hall–Kier alpha value is -4.25. The van der Waals surface area contributed by atoms with Crippen molar-refractivity contribution in [3.05, 3.63) is 118 Å². The van der Waals surface area contributed by atoms with Crippen LogP contribution in [0.4, 0.5) is 5.69 Å². The summed E-state index contributed by atoms with van der Waals surface area (Å²) in [7, 11) is -1.49. The Morgan fingerprint density at radius 3 is 2.19 bits per heavy atom. The number of carbonyl (C=O) groups is 2. The molecular formula is C36H39Cl2N3O6S. The van der Waals surface area contributed by atoms with Crippen LogP contribution >= 0.6 is 23.2 Å². The van der Waals surface area contributed by atoms with Crippen molar-refractivity contribution in [1.82, 2.24) is 10.2 Å². The topological polar surface area (TPSA) is 105 Å². The Labute approximate surface area is 292 Å². The van der Waals surface area contributed by atoms with Crippen LogP contribution in [0.5, 0.6) is 11.5 Å². The van der Waals surface area contributed by atoms with Crippen LogP contribution in [0.1, 0.15) is 30.0 Å². The van der Waals surface area contributed by atoms with Crippen molar-refractivity contribution in [1.29, 1.82) is 0 Å². The third-order valence-electron chi connectivity index (χ3n) is 7.72. The Bertz CT molecular complexity index is 1820. The summed E-state index contributed by atoms with van der Waals surface area (Å²) in [5.41, 5.74) is 2.54. The largest absolute Gasteiger partial charge is 0.493 e. The molecule has 254 valence electrons. The molecule has 9 nitrogen and oxygen atoms in total. The van der Waals surface area contributed by atoms with Gasteiger partial charge in [-0.15, -0.1) is 0 Å². The lowest BCUT2D eigenvalue weighted by Crippen LogP contribution is -2.53. The molecule has 12 heteroatoms. The summed E-state index contributed by atoms with van der Waals surface area (Å²) >= 11 is 12.7. The van der Waals surface area contributed by atoms with Gasteiger partial charge in [-0.3, -0.25) is 13.9 Å². The maximum atomic E-state index is 14.6. The lowest BCUT2D eigenvalue weighted by Gasteiger charge is -2.34. The van der Waals surface area contributed by atoms with Crippen LogP contribution in [0.25, 0.3) is 0 Å². The lowest BCUT2D eigenvalue weighted by atomic mass is 10.0. The molecule has 0 saturated carbocycles. The number of ether oxygens (including phenoxy) is 2. The number of halogens is 2. The van der Waals surface area contributed by atoms with E-state index >= 15 is 0 Å². The van der Waals surface area contributed by atoms with E-state index in [1.54, 1.807) is 42.5 Å². The minimum absolute atomic E-state index is 0.0793. The van der Waals surface area contributed by atoms with Crippen molar-refractivity contribution in [3.8, 4) is 11.5 Å². The summed E-state index contributed by atoms with van der Waals surface area (Å²) in [5, 5.41) is 3.64. The van der Waals surface area contributed by atoms with Crippen LogP contribution in [-0.4, -0.2) is 58.5 Å². The Morgan fingerprint density at radius 2 is 1.56 bits per heavy atom. The van der Waals surface area contributed by atoms with E-state index in [1.165, 1.54) is 37.3 Å². The normalized spacial score (nSPS) is 11.8. The fourth-order valence-electron chi connectivity index (χ4n) is 5.10. The molecule has 0 heterocycles. The van der Waals surface area contributed by atoms with Gasteiger partial charge in [0, 0.05) is 35.6 Å². The molecular weight excluding hydrogens is 673 g/mol. The fraction of sp³-hybridized carbons (Fsp3) is 0.278. The summed E-state index contributed by atoms with van der Waals surface area (Å²) in [6.07, 6.45) is 0.867. The van der Waals surface area contributed by atoms with E-state index in [2.05, 4.69) is 5.32 Å². The van der Waals surface area contributed by atoms with Crippen LogP contribution in [0.15, 0.2) is 95.9 Å². The molecule has 48 heavy (non-hydrogen) atoms. The molecule has 0 aliphatic rings. The first-order valence-electron chi connectivity index (χ1n) is 15.3. The van der Waals surface area contributed by atoms with Crippen molar-refractivity contribution >= 4 is 50.7 Å². The van der Waals surface area contributed by atoms with Crippen molar-refractivity contribution in [2.75, 3.05) is 31.6 Å². The molecule has 0 bridgehead atoms. The van der Waals surface area contributed by atoms with E-state index in [1.807, 2.05) is 44.2 Å². The average Bonchev–Trinajstić information content (AvgIpc) is 3.08. The molecule has 4 aromatic carbocycles. The SMILES string of the molecule is CCCNC(=O)[C@H](Cc1ccccc1)N(Cc1ccc(Cl)cc1Cl)C(=O)CN(c1ccc(C)cc1)S(=O)(=O)c1ccc(OC)c(OC)c1. The number of hydrogen-bond donors (Lipinski definition) is 1. The van der Waals surface area contributed by atoms with Crippen LogP contribution in [0, 0.1) is 6.92 Å². The van der Waals surface area contributed by atoms with Crippen molar-refractivity contribution in [2.45, 2.75) is 44.2 Å². The molecule has 0 radical (unpaired) electrons. The predicted molar refractivity (Wildman–Crippen MR) is 190 cm³/mol. The maximum absolute atomic E-state index is 14.6. The van der Waals surface area contributed by atoms with Gasteiger partial charge in [0.05, 0.1) is 24.8 Å². The summed E-state index contributed by atoms with van der Waals surface area (Å²) in [6, 6.07) is 24.2. The van der Waals surface area contributed by atoms with Crippen molar-refractivity contribution in [3.63, 3.8) is 0 Å². The van der Waals surface area contributed by atoms with E-state index in [9.17, 15) is 18.0 Å². The Kier molecular flexibility index (Phi) is 12.7. The van der Waals surface area contributed by atoms with E-state index in [0.717, 1.165) is 15.4 Å². The highest BCUT2D eigenvalue weighted by Crippen LogP contribution is 2.33. The molecule has 0 spiro atoms. The third-order valence-corrected chi connectivity index (χ3v) is 10.1. The van der Waals surface area contributed by atoms with Gasteiger partial charge in [0.1, 0.15) is 12.6 Å². The molecule has 0 aliphatic heterocycles. The molecule has 0 saturated heterocycles. The van der Waals surface area contributed by atoms with Crippen LogP contribution in [-0.2, 0) is 32.6 Å². The first-order valence-corrected chi connectivity index (χ1v) is 17.5. The van der Waals surface area contributed by atoms with Gasteiger partial charge < -0.3 is 19.7 Å². The minimum Gasteiger partial charge on any atom is -0.493 e. The molecule has 4 rings (SSSR count). The van der Waals surface area contributed by atoms with E-state index < -0.39 is 28.5 Å². The number of anilines is 1. The maximum Gasteiger partial charge on any atom is 0.264 e. The first kappa shape index (κ1) is 36.6. The molecule has 1 atom stereocenters. The molecule has 4 aromatic rings. The molecule has 0 unspecified atom stereocenters. The highest BCUT2D eigenvalue weighted by atomic mass is 35.5. The number of rotatable bonds is 15. The average molecular weight is 713 g/mol. The van der Waals surface area contributed by atoms with Gasteiger partial charge >= 0.3 is 0 Å². The van der Waals surface area contributed by atoms with E-state index in [-0.39, 0.29) is 35.2 Å². The van der Waals surface area contributed by atoms with Gasteiger partial charge in [0.15, 0.2) is 11.5 Å². The smallest absolute Gasteiger partial charge is 0.264 e. The third kappa shape index (κ3) is 9.00. The zero-order valence-corrected chi connectivity index (χ0v) is 29.6. The van der Waals surface area contributed by atoms with Crippen LogP contribution in [0.3, 0.4) is 0 Å². The summed E-state index contributed by atoms with van der Waals surface area (Å²) < 4.78 is 40.5. The Morgan fingerprint density at radius 1 is 0.875 bits per heavy atom. The monoisotopic (exact) mass is 711 g/mol. The number of carbonyl (C=O) groups excluding carboxylic acids is 2. The number of nitrogens with zero attached hydrogens (tertiary/aromatic N) is 2. The van der Waals surface area contributed by atoms with E-state index in [4.69, 9.17) is 32.7 Å². The molecule has 0 aromatic heterocycles. The zero-order valence-electron chi connectivity index (χ0n) is 27.3. The minimum atomic E-state index is -4.35. The fourth-order valence-corrected chi connectivity index (χ4v) is 7.00. The number of sulfonamides is 1. The molecule has 2 amide bonds. The lowest BCUT2D eigenvalue weighted by molar-refractivity contribution is -0.140. The Balaban J connectivity index is 1.83. The summed E-state index contributed by atoms with van der Waals surface area (Å²) in [6.45, 7) is 3.52. The second-order valence-corrected chi connectivity index (χ2v) is 13.8. The van der Waals surface area contributed by atoms with Gasteiger partial charge in [0.2, 0.25) is 11.8 Å². The van der Waals surface area contributed by atoms with Gasteiger partial charge in [-0.1, -0.05) is 84.2 Å². The highest BCUT2D eigenvalue weighted by Gasteiger charge is 2.35. The predicted octanol–water partition coefficient (Wildman–Crippen LogP) is 6.68.